The topological polar surface area (TPSA) is 90.2 Å². The SMILES string of the molecule is O=C(OCC(=O)N1CCC(Cc2ccccc2)CC1)c1ccc(-n2cnnn2)cc1. The Bertz CT molecular complexity index is 966. The molecule has 1 aromatic heterocycles. The molecule has 8 heteroatoms. The average molecular weight is 405 g/mol. The summed E-state index contributed by atoms with van der Waals surface area (Å²) in [5.74, 6) is -0.0879. The number of hydrogen-bond acceptors (Lipinski definition) is 6. The van der Waals surface area contributed by atoms with Gasteiger partial charge in [0.1, 0.15) is 6.33 Å². The van der Waals surface area contributed by atoms with Crippen LogP contribution in [0.15, 0.2) is 60.9 Å². The summed E-state index contributed by atoms with van der Waals surface area (Å²) in [6.45, 7) is 1.17. The van der Waals surface area contributed by atoms with Crippen LogP contribution in [0.1, 0.15) is 28.8 Å². The molecule has 0 atom stereocenters. The first-order chi connectivity index (χ1) is 14.7. The minimum absolute atomic E-state index is 0.146. The summed E-state index contributed by atoms with van der Waals surface area (Å²) in [6, 6.07) is 17.1. The lowest BCUT2D eigenvalue weighted by atomic mass is 9.90. The first-order valence-electron chi connectivity index (χ1n) is 10.0. The van der Waals surface area contributed by atoms with Crippen molar-refractivity contribution in [3.05, 3.63) is 72.1 Å². The van der Waals surface area contributed by atoms with Crippen molar-refractivity contribution in [1.29, 1.82) is 0 Å². The van der Waals surface area contributed by atoms with Gasteiger partial charge < -0.3 is 9.64 Å². The van der Waals surface area contributed by atoms with E-state index < -0.39 is 5.97 Å². The number of aromatic nitrogens is 4. The summed E-state index contributed by atoms with van der Waals surface area (Å²) in [5, 5.41) is 10.9. The largest absolute Gasteiger partial charge is 0.452 e. The molecule has 154 valence electrons. The van der Waals surface area contributed by atoms with Crippen LogP contribution in [-0.4, -0.2) is 56.7 Å². The van der Waals surface area contributed by atoms with E-state index in [0.717, 1.165) is 24.9 Å². The third-order valence-corrected chi connectivity index (χ3v) is 5.38. The van der Waals surface area contributed by atoms with E-state index in [0.29, 0.717) is 24.6 Å². The minimum Gasteiger partial charge on any atom is -0.452 e. The van der Waals surface area contributed by atoms with Gasteiger partial charge in [-0.15, -0.1) is 5.10 Å². The number of amides is 1. The fourth-order valence-electron chi connectivity index (χ4n) is 3.67. The predicted molar refractivity (Wildman–Crippen MR) is 109 cm³/mol. The van der Waals surface area contributed by atoms with Gasteiger partial charge in [-0.1, -0.05) is 30.3 Å². The van der Waals surface area contributed by atoms with Gasteiger partial charge in [0, 0.05) is 13.1 Å². The molecule has 2 aromatic carbocycles. The predicted octanol–water partition coefficient (Wildman–Crippen LogP) is 2.30. The molecule has 2 heterocycles. The van der Waals surface area contributed by atoms with Crippen LogP contribution >= 0.6 is 0 Å². The van der Waals surface area contributed by atoms with Crippen molar-refractivity contribution in [3.63, 3.8) is 0 Å². The van der Waals surface area contributed by atoms with E-state index in [1.54, 1.807) is 29.2 Å². The smallest absolute Gasteiger partial charge is 0.338 e. The lowest BCUT2D eigenvalue weighted by Crippen LogP contribution is -2.41. The van der Waals surface area contributed by atoms with Crippen molar-refractivity contribution in [3.8, 4) is 5.69 Å². The van der Waals surface area contributed by atoms with E-state index in [1.807, 2.05) is 6.07 Å². The molecule has 1 aliphatic heterocycles. The standard InChI is InChI=1S/C22H23N5O3/c28-21(26-12-10-18(11-13-26)14-17-4-2-1-3-5-17)15-30-22(29)19-6-8-20(9-7-19)27-16-23-24-25-27/h1-9,16,18H,10-15H2. The average Bonchev–Trinajstić information content (AvgIpc) is 3.34. The highest BCUT2D eigenvalue weighted by atomic mass is 16.5. The minimum atomic E-state index is -0.523. The molecule has 0 unspecified atom stereocenters. The van der Waals surface area contributed by atoms with Crippen LogP contribution in [0.4, 0.5) is 0 Å². The quantitative estimate of drug-likeness (QED) is 0.585. The Morgan fingerprint density at radius 1 is 1.00 bits per heavy atom. The van der Waals surface area contributed by atoms with Gasteiger partial charge in [-0.05, 0) is 65.4 Å². The van der Waals surface area contributed by atoms with E-state index in [-0.39, 0.29) is 12.5 Å². The monoisotopic (exact) mass is 405 g/mol. The molecular weight excluding hydrogens is 382 g/mol. The van der Waals surface area contributed by atoms with E-state index >= 15 is 0 Å². The van der Waals surface area contributed by atoms with Gasteiger partial charge in [0.15, 0.2) is 6.61 Å². The number of hydrogen-bond donors (Lipinski definition) is 0. The third kappa shape index (κ3) is 4.89. The second kappa shape index (κ2) is 9.30. The Balaban J connectivity index is 1.22. The third-order valence-electron chi connectivity index (χ3n) is 5.38. The fourth-order valence-corrected chi connectivity index (χ4v) is 3.67. The maximum Gasteiger partial charge on any atom is 0.338 e. The molecule has 1 aliphatic rings. The number of ether oxygens (including phenoxy) is 1. The zero-order chi connectivity index (χ0) is 20.8. The van der Waals surface area contributed by atoms with Crippen LogP contribution < -0.4 is 0 Å². The van der Waals surface area contributed by atoms with Crippen LogP contribution in [-0.2, 0) is 16.0 Å². The zero-order valence-corrected chi connectivity index (χ0v) is 16.6. The molecule has 1 amide bonds. The zero-order valence-electron chi connectivity index (χ0n) is 16.6. The van der Waals surface area contributed by atoms with Gasteiger partial charge in [-0.25, -0.2) is 9.48 Å². The summed E-state index contributed by atoms with van der Waals surface area (Å²) in [7, 11) is 0. The summed E-state index contributed by atoms with van der Waals surface area (Å²) in [6.07, 6.45) is 4.44. The molecule has 0 N–H and O–H groups in total. The summed E-state index contributed by atoms with van der Waals surface area (Å²) in [4.78, 5) is 26.5. The van der Waals surface area contributed by atoms with Gasteiger partial charge in [-0.3, -0.25) is 4.79 Å². The number of benzene rings is 2. The molecule has 4 rings (SSSR count). The highest BCUT2D eigenvalue weighted by Gasteiger charge is 2.23. The normalized spacial score (nSPS) is 14.5. The Labute approximate surface area is 174 Å². The van der Waals surface area contributed by atoms with Gasteiger partial charge in [0.2, 0.25) is 0 Å². The van der Waals surface area contributed by atoms with Crippen molar-refractivity contribution < 1.29 is 14.3 Å². The second-order valence-corrected chi connectivity index (χ2v) is 7.39. The number of likely N-dealkylation sites (tertiary alicyclic amines) is 1. The van der Waals surface area contributed by atoms with Crippen molar-refractivity contribution >= 4 is 11.9 Å². The molecule has 8 nitrogen and oxygen atoms in total. The van der Waals surface area contributed by atoms with E-state index in [1.165, 1.54) is 16.6 Å². The number of rotatable bonds is 6. The second-order valence-electron chi connectivity index (χ2n) is 7.39. The molecule has 30 heavy (non-hydrogen) atoms. The van der Waals surface area contributed by atoms with Crippen molar-refractivity contribution in [2.24, 2.45) is 5.92 Å². The lowest BCUT2D eigenvalue weighted by molar-refractivity contribution is -0.135. The summed E-state index contributed by atoms with van der Waals surface area (Å²) < 4.78 is 6.71. The van der Waals surface area contributed by atoms with Crippen molar-refractivity contribution in [2.75, 3.05) is 19.7 Å². The van der Waals surface area contributed by atoms with Gasteiger partial charge in [0.25, 0.3) is 5.91 Å². The first kappa shape index (κ1) is 19.8. The summed E-state index contributed by atoms with van der Waals surface area (Å²) >= 11 is 0. The molecular formula is C22H23N5O3. The first-order valence-corrected chi connectivity index (χ1v) is 10.0. The maximum absolute atomic E-state index is 12.4. The van der Waals surface area contributed by atoms with E-state index in [2.05, 4.69) is 39.8 Å². The van der Waals surface area contributed by atoms with Crippen LogP contribution in [0.2, 0.25) is 0 Å². The maximum atomic E-state index is 12.4. The Kier molecular flexibility index (Phi) is 6.12. The molecule has 0 saturated carbocycles. The van der Waals surface area contributed by atoms with Crippen molar-refractivity contribution in [2.45, 2.75) is 19.3 Å². The number of nitrogens with zero attached hydrogens (tertiary/aromatic N) is 5. The number of esters is 1. The van der Waals surface area contributed by atoms with Crippen LogP contribution in [0, 0.1) is 5.92 Å². The van der Waals surface area contributed by atoms with Gasteiger partial charge in [-0.2, -0.15) is 0 Å². The number of carbonyl (C=O) groups is 2. The molecule has 1 fully saturated rings. The van der Waals surface area contributed by atoms with E-state index in [9.17, 15) is 9.59 Å². The Hall–Kier alpha value is -3.55. The molecule has 0 spiro atoms. The molecule has 0 radical (unpaired) electrons. The highest BCUT2D eigenvalue weighted by molar-refractivity contribution is 5.91. The number of carbonyl (C=O) groups excluding carboxylic acids is 2. The molecule has 3 aromatic rings. The van der Waals surface area contributed by atoms with Gasteiger partial charge in [0.05, 0.1) is 11.3 Å². The molecule has 0 aliphatic carbocycles. The summed E-state index contributed by atoms with van der Waals surface area (Å²) in [5.41, 5.74) is 2.44. The van der Waals surface area contributed by atoms with Crippen LogP contribution in [0.3, 0.4) is 0 Å². The lowest BCUT2D eigenvalue weighted by Gasteiger charge is -2.32. The number of tetrazole rings is 1. The highest BCUT2D eigenvalue weighted by Crippen LogP contribution is 2.21. The van der Waals surface area contributed by atoms with Crippen LogP contribution in [0.5, 0.6) is 0 Å². The number of piperidine rings is 1. The molecule has 0 bridgehead atoms. The molecule has 1 saturated heterocycles. The van der Waals surface area contributed by atoms with Gasteiger partial charge >= 0.3 is 5.97 Å². The van der Waals surface area contributed by atoms with Crippen LogP contribution in [0.25, 0.3) is 5.69 Å². The van der Waals surface area contributed by atoms with E-state index in [4.69, 9.17) is 4.74 Å². The fraction of sp³-hybridized carbons (Fsp3) is 0.318. The Morgan fingerprint density at radius 2 is 1.73 bits per heavy atom. The van der Waals surface area contributed by atoms with Crippen molar-refractivity contribution in [1.82, 2.24) is 25.1 Å². The Morgan fingerprint density at radius 3 is 2.40 bits per heavy atom.